The summed E-state index contributed by atoms with van der Waals surface area (Å²) >= 11 is 0. The number of benzene rings is 1. The molecule has 2 heterocycles. The van der Waals surface area contributed by atoms with Crippen molar-refractivity contribution in [1.29, 1.82) is 0 Å². The van der Waals surface area contributed by atoms with Crippen molar-refractivity contribution in [3.8, 4) is 17.2 Å². The van der Waals surface area contributed by atoms with Crippen LogP contribution in [0.5, 0.6) is 17.2 Å². The molecule has 0 spiro atoms. The van der Waals surface area contributed by atoms with E-state index in [1.54, 1.807) is 13.0 Å². The van der Waals surface area contributed by atoms with Crippen LogP contribution in [0.15, 0.2) is 6.07 Å². The second-order valence-corrected chi connectivity index (χ2v) is 5.74. The minimum atomic E-state index is -0.506. The van der Waals surface area contributed by atoms with E-state index in [2.05, 4.69) is 0 Å². The van der Waals surface area contributed by atoms with E-state index in [1.165, 1.54) is 7.11 Å². The molecule has 25 heavy (non-hydrogen) atoms. The van der Waals surface area contributed by atoms with Gasteiger partial charge in [-0.1, -0.05) is 0 Å². The third kappa shape index (κ3) is 3.16. The number of carbonyl (C=O) groups excluding carboxylic acids is 2. The Hall–Kier alpha value is -2.64. The van der Waals surface area contributed by atoms with Gasteiger partial charge in [0.1, 0.15) is 6.61 Å². The highest BCUT2D eigenvalue weighted by Crippen LogP contribution is 2.51. The first kappa shape index (κ1) is 17.2. The van der Waals surface area contributed by atoms with Crippen LogP contribution in [0, 0.1) is 0 Å². The molecular formula is C17H21NO7. The zero-order chi connectivity index (χ0) is 18.0. The fourth-order valence-electron chi connectivity index (χ4n) is 2.98. The molecule has 0 amide bonds. The highest BCUT2D eigenvalue weighted by molar-refractivity contribution is 6.00. The van der Waals surface area contributed by atoms with Crippen LogP contribution in [0.4, 0.5) is 5.69 Å². The number of carbonyl (C=O) groups is 2. The number of anilines is 1. The van der Waals surface area contributed by atoms with Gasteiger partial charge in [-0.25, -0.2) is 4.79 Å². The van der Waals surface area contributed by atoms with Crippen LogP contribution in [0.1, 0.15) is 30.6 Å². The van der Waals surface area contributed by atoms with Crippen molar-refractivity contribution in [3.05, 3.63) is 11.6 Å². The lowest BCUT2D eigenvalue weighted by Gasteiger charge is -2.37. The van der Waals surface area contributed by atoms with Crippen LogP contribution >= 0.6 is 0 Å². The number of esters is 2. The van der Waals surface area contributed by atoms with E-state index < -0.39 is 5.97 Å². The molecule has 0 aliphatic carbocycles. The molecule has 0 saturated heterocycles. The fraction of sp³-hybridized carbons (Fsp3) is 0.529. The zero-order valence-electron chi connectivity index (χ0n) is 14.5. The second kappa shape index (κ2) is 7.08. The molecule has 136 valence electrons. The van der Waals surface area contributed by atoms with E-state index in [1.807, 2.05) is 11.8 Å². The monoisotopic (exact) mass is 351 g/mol. The maximum absolute atomic E-state index is 12.3. The zero-order valence-corrected chi connectivity index (χ0v) is 14.5. The van der Waals surface area contributed by atoms with Crippen molar-refractivity contribution in [3.63, 3.8) is 0 Å². The third-order valence-corrected chi connectivity index (χ3v) is 4.15. The fourth-order valence-corrected chi connectivity index (χ4v) is 2.98. The number of methoxy groups -OCH3 is 1. The molecule has 1 aromatic carbocycles. The van der Waals surface area contributed by atoms with Crippen LogP contribution in [0.25, 0.3) is 0 Å². The molecule has 2 aliphatic heterocycles. The van der Waals surface area contributed by atoms with Crippen LogP contribution in [0.3, 0.4) is 0 Å². The number of nitrogens with zero attached hydrogens (tertiary/aromatic N) is 1. The van der Waals surface area contributed by atoms with Crippen molar-refractivity contribution in [2.24, 2.45) is 0 Å². The van der Waals surface area contributed by atoms with Gasteiger partial charge in [0.2, 0.25) is 12.5 Å². The summed E-state index contributed by atoms with van der Waals surface area (Å²) in [5.74, 6) is 0.559. The number of rotatable bonds is 5. The Kier molecular flexibility index (Phi) is 4.87. The average Bonchev–Trinajstić information content (AvgIpc) is 3.08. The van der Waals surface area contributed by atoms with Gasteiger partial charge in [-0.05, 0) is 13.8 Å². The van der Waals surface area contributed by atoms with E-state index in [9.17, 15) is 9.59 Å². The van der Waals surface area contributed by atoms with E-state index >= 15 is 0 Å². The van der Waals surface area contributed by atoms with Crippen LogP contribution in [-0.4, -0.2) is 51.6 Å². The highest BCUT2D eigenvalue weighted by Gasteiger charge is 2.36. The van der Waals surface area contributed by atoms with Gasteiger partial charge in [0.25, 0.3) is 0 Å². The van der Waals surface area contributed by atoms with Gasteiger partial charge in [-0.3, -0.25) is 4.79 Å². The first-order valence-electron chi connectivity index (χ1n) is 8.16. The second-order valence-electron chi connectivity index (χ2n) is 5.74. The maximum atomic E-state index is 12.3. The topological polar surface area (TPSA) is 83.5 Å². The summed E-state index contributed by atoms with van der Waals surface area (Å²) in [6, 6.07) is 1.55. The Morgan fingerprint density at radius 2 is 2.08 bits per heavy atom. The van der Waals surface area contributed by atoms with E-state index in [4.69, 9.17) is 23.7 Å². The minimum absolute atomic E-state index is 0.0364. The van der Waals surface area contributed by atoms with Gasteiger partial charge in [0, 0.05) is 12.6 Å². The summed E-state index contributed by atoms with van der Waals surface area (Å²) in [6.45, 7) is 4.91. The number of hydrogen-bond donors (Lipinski definition) is 0. The smallest absolute Gasteiger partial charge is 0.340 e. The molecule has 0 fully saturated rings. The molecule has 0 radical (unpaired) electrons. The van der Waals surface area contributed by atoms with Crippen molar-refractivity contribution < 1.29 is 33.3 Å². The molecule has 8 nitrogen and oxygen atoms in total. The normalized spacial score (nSPS) is 17.6. The Bertz CT molecular complexity index is 688. The predicted octanol–water partition coefficient (Wildman–Crippen LogP) is 1.74. The van der Waals surface area contributed by atoms with Crippen molar-refractivity contribution in [2.45, 2.75) is 26.3 Å². The lowest BCUT2D eigenvalue weighted by atomic mass is 10.0. The molecule has 8 heteroatoms. The molecule has 0 bridgehead atoms. The summed E-state index contributed by atoms with van der Waals surface area (Å²) in [6.07, 6.45) is 0.201. The molecule has 0 saturated carbocycles. The number of fused-ring (bicyclic) bond motifs is 3. The molecule has 1 aromatic rings. The first-order chi connectivity index (χ1) is 12.1. The van der Waals surface area contributed by atoms with Crippen molar-refractivity contribution in [1.82, 2.24) is 0 Å². The van der Waals surface area contributed by atoms with Crippen LogP contribution in [0.2, 0.25) is 0 Å². The molecule has 1 unspecified atom stereocenters. The van der Waals surface area contributed by atoms with Crippen LogP contribution in [-0.2, 0) is 14.3 Å². The van der Waals surface area contributed by atoms with E-state index in [-0.39, 0.29) is 25.2 Å². The largest absolute Gasteiger partial charge is 0.485 e. The Labute approximate surface area is 145 Å². The van der Waals surface area contributed by atoms with Gasteiger partial charge in [0.15, 0.2) is 11.5 Å². The molecule has 3 rings (SSSR count). The predicted molar refractivity (Wildman–Crippen MR) is 87.5 cm³/mol. The van der Waals surface area contributed by atoms with Crippen molar-refractivity contribution >= 4 is 17.6 Å². The van der Waals surface area contributed by atoms with Gasteiger partial charge >= 0.3 is 11.9 Å². The molecule has 0 N–H and O–H groups in total. The summed E-state index contributed by atoms with van der Waals surface area (Å²) < 4.78 is 26.6. The summed E-state index contributed by atoms with van der Waals surface area (Å²) in [5.41, 5.74) is 0.872. The third-order valence-electron chi connectivity index (χ3n) is 4.15. The minimum Gasteiger partial charge on any atom is -0.485 e. The first-order valence-corrected chi connectivity index (χ1v) is 8.16. The van der Waals surface area contributed by atoms with Crippen molar-refractivity contribution in [2.75, 3.05) is 38.6 Å². The number of ether oxygens (including phenoxy) is 5. The summed E-state index contributed by atoms with van der Waals surface area (Å²) in [5, 5.41) is 0. The lowest BCUT2D eigenvalue weighted by Crippen LogP contribution is -2.43. The summed E-state index contributed by atoms with van der Waals surface area (Å²) in [4.78, 5) is 26.0. The average molecular weight is 351 g/mol. The standard InChI is InChI=1S/C17H21NO7/c1-4-22-13(19)5-6-18-10(2)8-23-16-14(18)11(17(20)21-3)7-12-15(16)25-9-24-12/h7,10H,4-6,8-9H2,1-3H3. The quantitative estimate of drug-likeness (QED) is 0.742. The SMILES string of the molecule is CCOC(=O)CCN1c2c(C(=O)OC)cc3c(c2OCC1C)OCO3. The highest BCUT2D eigenvalue weighted by atomic mass is 16.7. The lowest BCUT2D eigenvalue weighted by molar-refractivity contribution is -0.142. The van der Waals surface area contributed by atoms with Gasteiger partial charge < -0.3 is 28.6 Å². The summed E-state index contributed by atoms with van der Waals surface area (Å²) in [7, 11) is 1.31. The van der Waals surface area contributed by atoms with Crippen LogP contribution < -0.4 is 19.1 Å². The van der Waals surface area contributed by atoms with Gasteiger partial charge in [-0.15, -0.1) is 0 Å². The molecule has 2 aliphatic rings. The Balaban J connectivity index is 2.00. The Morgan fingerprint density at radius 3 is 2.80 bits per heavy atom. The number of hydrogen-bond acceptors (Lipinski definition) is 8. The molecule has 0 aromatic heterocycles. The van der Waals surface area contributed by atoms with Gasteiger partial charge in [0.05, 0.1) is 37.4 Å². The molecule has 1 atom stereocenters. The van der Waals surface area contributed by atoms with E-state index in [0.717, 1.165) is 0 Å². The Morgan fingerprint density at radius 1 is 1.28 bits per heavy atom. The maximum Gasteiger partial charge on any atom is 0.340 e. The van der Waals surface area contributed by atoms with Gasteiger partial charge in [-0.2, -0.15) is 0 Å². The van der Waals surface area contributed by atoms with E-state index in [0.29, 0.717) is 48.3 Å². The molecular weight excluding hydrogens is 330 g/mol.